The molecule has 3 heterocycles. The van der Waals surface area contributed by atoms with E-state index in [2.05, 4.69) is 44.3 Å². The monoisotopic (exact) mass is 325 g/mol. The lowest BCUT2D eigenvalue weighted by Crippen LogP contribution is -2.39. The minimum absolute atomic E-state index is 0.0205. The van der Waals surface area contributed by atoms with Crippen molar-refractivity contribution < 1.29 is 4.74 Å². The molecule has 1 atom stereocenters. The predicted octanol–water partition coefficient (Wildman–Crippen LogP) is 2.19. The van der Waals surface area contributed by atoms with E-state index in [4.69, 9.17) is 9.72 Å². The van der Waals surface area contributed by atoms with Crippen molar-refractivity contribution >= 4 is 11.0 Å². The van der Waals surface area contributed by atoms with Gasteiger partial charge in [-0.2, -0.15) is 0 Å². The molecule has 0 amide bonds. The van der Waals surface area contributed by atoms with Crippen molar-refractivity contribution in [1.29, 1.82) is 0 Å². The standard InChI is InChI=1S/C18H23N5O/c1-13-10-21(2)18(19-13)16-11-23(8-9-24-16)12-17-20-14-6-4-5-7-15(14)22(17)3/h4-7,10,16H,8-9,11-12H2,1-3H3/t16-/m1/s1. The van der Waals surface area contributed by atoms with Gasteiger partial charge in [0.25, 0.3) is 0 Å². The number of hydrogen-bond donors (Lipinski definition) is 0. The summed E-state index contributed by atoms with van der Waals surface area (Å²) in [5.41, 5.74) is 3.26. The second-order valence-corrected chi connectivity index (χ2v) is 6.52. The van der Waals surface area contributed by atoms with Gasteiger partial charge in [-0.05, 0) is 19.1 Å². The van der Waals surface area contributed by atoms with Crippen molar-refractivity contribution in [2.45, 2.75) is 19.6 Å². The van der Waals surface area contributed by atoms with Crippen LogP contribution in [0.3, 0.4) is 0 Å². The van der Waals surface area contributed by atoms with Gasteiger partial charge < -0.3 is 13.9 Å². The third-order valence-corrected chi connectivity index (χ3v) is 4.72. The van der Waals surface area contributed by atoms with E-state index in [1.165, 1.54) is 5.52 Å². The summed E-state index contributed by atoms with van der Waals surface area (Å²) in [5.74, 6) is 2.09. The fraction of sp³-hybridized carbons (Fsp3) is 0.444. The van der Waals surface area contributed by atoms with E-state index in [9.17, 15) is 0 Å². The van der Waals surface area contributed by atoms with Gasteiger partial charge in [0, 0.05) is 33.4 Å². The van der Waals surface area contributed by atoms with E-state index in [-0.39, 0.29) is 6.10 Å². The Kier molecular flexibility index (Phi) is 3.86. The highest BCUT2D eigenvalue weighted by atomic mass is 16.5. The molecule has 24 heavy (non-hydrogen) atoms. The molecule has 3 aromatic rings. The number of fused-ring (bicyclic) bond motifs is 1. The lowest BCUT2D eigenvalue weighted by Gasteiger charge is -2.32. The summed E-state index contributed by atoms with van der Waals surface area (Å²) in [4.78, 5) is 11.8. The van der Waals surface area contributed by atoms with Crippen molar-refractivity contribution in [3.8, 4) is 0 Å². The van der Waals surface area contributed by atoms with Crippen molar-refractivity contribution in [3.63, 3.8) is 0 Å². The third-order valence-electron chi connectivity index (χ3n) is 4.72. The molecule has 0 saturated carbocycles. The summed E-state index contributed by atoms with van der Waals surface area (Å²) in [7, 11) is 4.12. The number of rotatable bonds is 3. The molecular weight excluding hydrogens is 302 g/mol. The van der Waals surface area contributed by atoms with Crippen LogP contribution in [0.5, 0.6) is 0 Å². The van der Waals surface area contributed by atoms with E-state index >= 15 is 0 Å². The van der Waals surface area contributed by atoms with Gasteiger partial charge in [0.15, 0.2) is 0 Å². The molecule has 0 spiro atoms. The topological polar surface area (TPSA) is 48.1 Å². The molecule has 1 aliphatic rings. The summed E-state index contributed by atoms with van der Waals surface area (Å²) in [6.45, 7) is 5.33. The average molecular weight is 325 g/mol. The SMILES string of the molecule is Cc1cn(C)c([C@H]2CN(Cc3nc4ccccc4n3C)CCO2)n1. The van der Waals surface area contributed by atoms with Crippen LogP contribution in [0.25, 0.3) is 11.0 Å². The lowest BCUT2D eigenvalue weighted by molar-refractivity contribution is -0.0393. The molecule has 0 radical (unpaired) electrons. The molecule has 126 valence electrons. The second-order valence-electron chi connectivity index (χ2n) is 6.52. The smallest absolute Gasteiger partial charge is 0.139 e. The fourth-order valence-electron chi connectivity index (χ4n) is 3.47. The molecule has 1 fully saturated rings. The van der Waals surface area contributed by atoms with Gasteiger partial charge in [0.05, 0.1) is 29.9 Å². The zero-order valence-electron chi connectivity index (χ0n) is 14.4. The molecule has 1 aliphatic heterocycles. The molecule has 2 aromatic heterocycles. The Bertz CT molecular complexity index is 866. The number of nitrogens with zero attached hydrogens (tertiary/aromatic N) is 5. The normalized spacial score (nSPS) is 19.2. The molecule has 0 aliphatic carbocycles. The van der Waals surface area contributed by atoms with Crippen LogP contribution >= 0.6 is 0 Å². The summed E-state index contributed by atoms with van der Waals surface area (Å²) in [6, 6.07) is 8.28. The largest absolute Gasteiger partial charge is 0.368 e. The van der Waals surface area contributed by atoms with Gasteiger partial charge in [-0.1, -0.05) is 12.1 Å². The van der Waals surface area contributed by atoms with Crippen LogP contribution in [0.4, 0.5) is 0 Å². The Hall–Kier alpha value is -2.18. The van der Waals surface area contributed by atoms with Gasteiger partial charge in [-0.25, -0.2) is 9.97 Å². The fourth-order valence-corrected chi connectivity index (χ4v) is 3.47. The highest BCUT2D eigenvalue weighted by Crippen LogP contribution is 2.23. The Morgan fingerprint density at radius 3 is 2.79 bits per heavy atom. The number of imidazole rings is 2. The number of aryl methyl sites for hydroxylation is 3. The Morgan fingerprint density at radius 2 is 2.04 bits per heavy atom. The second kappa shape index (κ2) is 6.03. The summed E-state index contributed by atoms with van der Waals surface area (Å²) in [6.07, 6.45) is 2.07. The number of hydrogen-bond acceptors (Lipinski definition) is 4. The molecule has 0 bridgehead atoms. The zero-order valence-corrected chi connectivity index (χ0v) is 14.4. The number of benzene rings is 1. The highest BCUT2D eigenvalue weighted by molar-refractivity contribution is 5.75. The minimum atomic E-state index is 0.0205. The van der Waals surface area contributed by atoms with Gasteiger partial charge in [-0.15, -0.1) is 0 Å². The maximum atomic E-state index is 5.96. The summed E-state index contributed by atoms with van der Waals surface area (Å²) >= 11 is 0. The molecule has 0 unspecified atom stereocenters. The maximum Gasteiger partial charge on any atom is 0.139 e. The van der Waals surface area contributed by atoms with Crippen molar-refractivity contribution in [2.24, 2.45) is 14.1 Å². The lowest BCUT2D eigenvalue weighted by atomic mass is 10.2. The Labute approximate surface area is 141 Å². The highest BCUT2D eigenvalue weighted by Gasteiger charge is 2.26. The van der Waals surface area contributed by atoms with Crippen LogP contribution in [0, 0.1) is 6.92 Å². The Morgan fingerprint density at radius 1 is 1.21 bits per heavy atom. The van der Waals surface area contributed by atoms with Gasteiger partial charge in [-0.3, -0.25) is 4.90 Å². The first-order valence-electron chi connectivity index (χ1n) is 8.36. The van der Waals surface area contributed by atoms with Gasteiger partial charge in [0.2, 0.25) is 0 Å². The molecule has 4 rings (SSSR count). The zero-order chi connectivity index (χ0) is 16.7. The molecule has 6 heteroatoms. The maximum absolute atomic E-state index is 5.96. The van der Waals surface area contributed by atoms with E-state index in [1.807, 2.05) is 26.2 Å². The quantitative estimate of drug-likeness (QED) is 0.741. The van der Waals surface area contributed by atoms with Crippen LogP contribution in [0.15, 0.2) is 30.5 Å². The van der Waals surface area contributed by atoms with E-state index in [0.717, 1.165) is 49.1 Å². The first-order valence-corrected chi connectivity index (χ1v) is 8.36. The van der Waals surface area contributed by atoms with Gasteiger partial charge in [0.1, 0.15) is 17.8 Å². The number of morpholine rings is 1. The predicted molar refractivity (Wildman–Crippen MR) is 92.6 cm³/mol. The summed E-state index contributed by atoms with van der Waals surface area (Å²) < 4.78 is 10.2. The number of para-hydroxylation sites is 2. The van der Waals surface area contributed by atoms with Crippen LogP contribution in [0.2, 0.25) is 0 Å². The first-order chi connectivity index (χ1) is 11.6. The third kappa shape index (κ3) is 2.72. The van der Waals surface area contributed by atoms with E-state index < -0.39 is 0 Å². The Balaban J connectivity index is 1.54. The number of aromatic nitrogens is 4. The molecule has 1 aromatic carbocycles. The van der Waals surface area contributed by atoms with E-state index in [0.29, 0.717) is 0 Å². The molecule has 6 nitrogen and oxygen atoms in total. The van der Waals surface area contributed by atoms with Crippen molar-refractivity contribution in [3.05, 3.63) is 47.8 Å². The first kappa shape index (κ1) is 15.4. The number of ether oxygens (including phenoxy) is 1. The molecular formula is C18H23N5O. The van der Waals surface area contributed by atoms with Crippen LogP contribution in [-0.4, -0.2) is 43.7 Å². The van der Waals surface area contributed by atoms with Crippen LogP contribution < -0.4 is 0 Å². The van der Waals surface area contributed by atoms with Crippen LogP contribution in [0.1, 0.15) is 23.4 Å². The summed E-state index contributed by atoms with van der Waals surface area (Å²) in [5, 5.41) is 0. The average Bonchev–Trinajstić information content (AvgIpc) is 3.08. The van der Waals surface area contributed by atoms with Crippen molar-refractivity contribution in [1.82, 2.24) is 24.0 Å². The van der Waals surface area contributed by atoms with E-state index in [1.54, 1.807) is 0 Å². The van der Waals surface area contributed by atoms with Crippen LogP contribution in [-0.2, 0) is 25.4 Å². The molecule has 1 saturated heterocycles. The minimum Gasteiger partial charge on any atom is -0.368 e. The van der Waals surface area contributed by atoms with Crippen molar-refractivity contribution in [2.75, 3.05) is 19.7 Å². The molecule has 0 N–H and O–H groups in total. The van der Waals surface area contributed by atoms with Gasteiger partial charge >= 0.3 is 0 Å².